The van der Waals surface area contributed by atoms with Gasteiger partial charge in [-0.1, -0.05) is 48.5 Å². The van der Waals surface area contributed by atoms with Crippen LogP contribution in [0, 0.1) is 0 Å². The first-order valence-electron chi connectivity index (χ1n) is 9.23. The van der Waals surface area contributed by atoms with Gasteiger partial charge in [0.05, 0.1) is 12.5 Å². The number of ether oxygens (including phenoxy) is 1. The second-order valence-electron chi connectivity index (χ2n) is 6.84. The molecule has 0 spiro atoms. The van der Waals surface area contributed by atoms with Gasteiger partial charge >= 0.3 is 5.97 Å². The van der Waals surface area contributed by atoms with Crippen LogP contribution in [0.2, 0.25) is 0 Å². The van der Waals surface area contributed by atoms with E-state index in [0.29, 0.717) is 18.6 Å². The van der Waals surface area contributed by atoms with Gasteiger partial charge in [-0.05, 0) is 38.3 Å². The fraction of sp³-hybridized carbons (Fsp3) is 0.364. The van der Waals surface area contributed by atoms with E-state index in [0.717, 1.165) is 11.1 Å². The second-order valence-corrected chi connectivity index (χ2v) is 6.84. The number of hydrogen-bond acceptors (Lipinski definition) is 3. The number of rotatable bonds is 10. The fourth-order valence-electron chi connectivity index (χ4n) is 2.89. The number of carboxylic acids is 1. The van der Waals surface area contributed by atoms with Crippen LogP contribution in [0.15, 0.2) is 54.6 Å². The van der Waals surface area contributed by atoms with E-state index >= 15 is 0 Å². The zero-order valence-electron chi connectivity index (χ0n) is 15.9. The minimum Gasteiger partial charge on any atom is -0.491 e. The van der Waals surface area contributed by atoms with Crippen LogP contribution in [0.5, 0.6) is 5.75 Å². The Morgan fingerprint density at radius 3 is 2.37 bits per heavy atom. The van der Waals surface area contributed by atoms with E-state index in [1.54, 1.807) is 0 Å². The van der Waals surface area contributed by atoms with E-state index in [-0.39, 0.29) is 30.9 Å². The number of carbonyl (C=O) groups excluding carboxylic acids is 1. The van der Waals surface area contributed by atoms with Crippen molar-refractivity contribution in [2.45, 2.75) is 51.7 Å². The van der Waals surface area contributed by atoms with Gasteiger partial charge in [0.1, 0.15) is 5.75 Å². The summed E-state index contributed by atoms with van der Waals surface area (Å²) in [4.78, 5) is 23.5. The SMILES string of the molecule is CC(C)Oc1ccccc1CC(=O)NC(CCC(=O)O)Cc1ccccc1. The average Bonchev–Trinajstić information content (AvgIpc) is 2.62. The number of carboxylic acid groups (broad SMARTS) is 1. The van der Waals surface area contributed by atoms with Gasteiger partial charge in [-0.2, -0.15) is 0 Å². The number of para-hydroxylation sites is 1. The predicted molar refractivity (Wildman–Crippen MR) is 105 cm³/mol. The molecule has 0 aliphatic heterocycles. The Morgan fingerprint density at radius 1 is 1.04 bits per heavy atom. The maximum Gasteiger partial charge on any atom is 0.303 e. The van der Waals surface area contributed by atoms with Crippen molar-refractivity contribution in [3.8, 4) is 5.75 Å². The lowest BCUT2D eigenvalue weighted by Gasteiger charge is -2.19. The lowest BCUT2D eigenvalue weighted by atomic mass is 10.0. The lowest BCUT2D eigenvalue weighted by molar-refractivity contribution is -0.137. The molecule has 27 heavy (non-hydrogen) atoms. The summed E-state index contributed by atoms with van der Waals surface area (Å²) in [6.07, 6.45) is 1.23. The van der Waals surface area contributed by atoms with Crippen molar-refractivity contribution in [2.24, 2.45) is 0 Å². The van der Waals surface area contributed by atoms with Crippen molar-refractivity contribution in [1.82, 2.24) is 5.32 Å². The van der Waals surface area contributed by atoms with Crippen molar-refractivity contribution < 1.29 is 19.4 Å². The highest BCUT2D eigenvalue weighted by Gasteiger charge is 2.16. The first-order valence-corrected chi connectivity index (χ1v) is 9.23. The maximum atomic E-state index is 12.6. The molecule has 5 nitrogen and oxygen atoms in total. The topological polar surface area (TPSA) is 75.6 Å². The van der Waals surface area contributed by atoms with E-state index < -0.39 is 5.97 Å². The molecular formula is C22H27NO4. The Labute approximate surface area is 160 Å². The molecule has 2 aromatic carbocycles. The molecule has 0 saturated heterocycles. The van der Waals surface area contributed by atoms with Gasteiger partial charge < -0.3 is 15.2 Å². The Balaban J connectivity index is 2.03. The monoisotopic (exact) mass is 369 g/mol. The van der Waals surface area contributed by atoms with Crippen LogP contribution in [-0.4, -0.2) is 29.1 Å². The van der Waals surface area contributed by atoms with Gasteiger partial charge in [0.25, 0.3) is 0 Å². The summed E-state index contributed by atoms with van der Waals surface area (Å²) in [5, 5.41) is 12.0. The third-order valence-corrected chi connectivity index (χ3v) is 4.08. The molecule has 0 radical (unpaired) electrons. The first kappa shape index (κ1) is 20.5. The highest BCUT2D eigenvalue weighted by atomic mass is 16.5. The maximum absolute atomic E-state index is 12.6. The highest BCUT2D eigenvalue weighted by Crippen LogP contribution is 2.20. The number of nitrogens with one attached hydrogen (secondary N) is 1. The van der Waals surface area contributed by atoms with Crippen LogP contribution >= 0.6 is 0 Å². The number of benzene rings is 2. The van der Waals surface area contributed by atoms with E-state index in [2.05, 4.69) is 5.32 Å². The molecule has 0 heterocycles. The molecule has 0 bridgehead atoms. The van der Waals surface area contributed by atoms with Crippen LogP contribution in [0.4, 0.5) is 0 Å². The molecule has 2 aromatic rings. The molecule has 0 fully saturated rings. The standard InChI is InChI=1S/C22H27NO4/c1-16(2)27-20-11-7-6-10-18(20)15-21(24)23-19(12-13-22(25)26)14-17-8-4-3-5-9-17/h3-11,16,19H,12-15H2,1-2H3,(H,23,24)(H,25,26). The average molecular weight is 369 g/mol. The van der Waals surface area contributed by atoms with Crippen molar-refractivity contribution in [2.75, 3.05) is 0 Å². The summed E-state index contributed by atoms with van der Waals surface area (Å²) in [6.45, 7) is 3.89. The number of aliphatic carboxylic acids is 1. The van der Waals surface area contributed by atoms with Gasteiger partial charge in [0, 0.05) is 18.0 Å². The number of carbonyl (C=O) groups is 2. The van der Waals surface area contributed by atoms with Crippen LogP contribution < -0.4 is 10.1 Å². The van der Waals surface area contributed by atoms with Crippen LogP contribution in [0.1, 0.15) is 37.8 Å². The molecular weight excluding hydrogens is 342 g/mol. The number of hydrogen-bond donors (Lipinski definition) is 2. The molecule has 0 aliphatic rings. The summed E-state index contributed by atoms with van der Waals surface area (Å²) >= 11 is 0. The largest absolute Gasteiger partial charge is 0.491 e. The van der Waals surface area contributed by atoms with E-state index in [9.17, 15) is 9.59 Å². The molecule has 5 heteroatoms. The van der Waals surface area contributed by atoms with Crippen LogP contribution in [0.3, 0.4) is 0 Å². The molecule has 0 aliphatic carbocycles. The summed E-state index contributed by atoms with van der Waals surface area (Å²) < 4.78 is 5.77. The van der Waals surface area contributed by atoms with Crippen LogP contribution in [-0.2, 0) is 22.4 Å². The third-order valence-electron chi connectivity index (χ3n) is 4.08. The summed E-state index contributed by atoms with van der Waals surface area (Å²) in [7, 11) is 0. The molecule has 2 rings (SSSR count). The molecule has 0 saturated carbocycles. The minimum atomic E-state index is -0.863. The van der Waals surface area contributed by atoms with E-state index in [4.69, 9.17) is 9.84 Å². The Bertz CT molecular complexity index is 743. The van der Waals surface area contributed by atoms with Gasteiger partial charge in [0.15, 0.2) is 0 Å². The minimum absolute atomic E-state index is 0.0187. The molecule has 0 aromatic heterocycles. The quantitative estimate of drug-likeness (QED) is 0.671. The van der Waals surface area contributed by atoms with Crippen molar-refractivity contribution in [3.05, 3.63) is 65.7 Å². The molecule has 1 amide bonds. The summed E-state index contributed by atoms with van der Waals surface area (Å²) in [6, 6.07) is 17.0. The van der Waals surface area contributed by atoms with Gasteiger partial charge in [-0.25, -0.2) is 0 Å². The smallest absolute Gasteiger partial charge is 0.303 e. The Hall–Kier alpha value is -2.82. The first-order chi connectivity index (χ1) is 12.9. The lowest BCUT2D eigenvalue weighted by Crippen LogP contribution is -2.37. The predicted octanol–water partition coefficient (Wildman–Crippen LogP) is 3.61. The second kappa shape index (κ2) is 10.4. The van der Waals surface area contributed by atoms with E-state index in [1.165, 1.54) is 0 Å². The Morgan fingerprint density at radius 2 is 1.70 bits per heavy atom. The summed E-state index contributed by atoms with van der Waals surface area (Å²) in [5.41, 5.74) is 1.89. The van der Waals surface area contributed by atoms with E-state index in [1.807, 2.05) is 68.4 Å². The van der Waals surface area contributed by atoms with Crippen molar-refractivity contribution >= 4 is 11.9 Å². The number of amides is 1. The fourth-order valence-corrected chi connectivity index (χ4v) is 2.89. The van der Waals surface area contributed by atoms with Gasteiger partial charge in [0.2, 0.25) is 5.91 Å². The normalized spacial score (nSPS) is 11.8. The van der Waals surface area contributed by atoms with Gasteiger partial charge in [-0.3, -0.25) is 9.59 Å². The van der Waals surface area contributed by atoms with Crippen molar-refractivity contribution in [3.63, 3.8) is 0 Å². The zero-order chi connectivity index (χ0) is 19.6. The molecule has 1 atom stereocenters. The Kier molecular flexibility index (Phi) is 7.86. The third kappa shape index (κ3) is 7.52. The molecule has 2 N–H and O–H groups in total. The molecule has 144 valence electrons. The van der Waals surface area contributed by atoms with Gasteiger partial charge in [-0.15, -0.1) is 0 Å². The molecule has 1 unspecified atom stereocenters. The van der Waals surface area contributed by atoms with Crippen molar-refractivity contribution in [1.29, 1.82) is 0 Å². The highest BCUT2D eigenvalue weighted by molar-refractivity contribution is 5.79. The zero-order valence-corrected chi connectivity index (χ0v) is 15.9. The summed E-state index contributed by atoms with van der Waals surface area (Å²) in [5.74, 6) is -0.299. The van der Waals surface area contributed by atoms with Crippen LogP contribution in [0.25, 0.3) is 0 Å².